The van der Waals surface area contributed by atoms with Gasteiger partial charge in [0.05, 0.1) is 7.11 Å². The van der Waals surface area contributed by atoms with Crippen LogP contribution in [0.4, 0.5) is 11.5 Å². The number of methoxy groups -OCH3 is 1. The lowest BCUT2D eigenvalue weighted by molar-refractivity contribution is 0.0587. The van der Waals surface area contributed by atoms with Crippen LogP contribution in [0.1, 0.15) is 21.7 Å². The van der Waals surface area contributed by atoms with Gasteiger partial charge in [-0.25, -0.2) is 14.8 Å². The molecule has 0 spiro atoms. The molecule has 98 valence electrons. The largest absolute Gasteiger partial charge is 0.463 e. The van der Waals surface area contributed by atoms with Gasteiger partial charge in [-0.05, 0) is 31.0 Å². The molecule has 5 nitrogen and oxygen atoms in total. The summed E-state index contributed by atoms with van der Waals surface area (Å²) in [6, 6.07) is 7.73. The number of para-hydroxylation sites is 1. The molecule has 0 bridgehead atoms. The third-order valence-electron chi connectivity index (χ3n) is 2.76. The molecule has 0 atom stereocenters. The predicted molar refractivity (Wildman–Crippen MR) is 72.6 cm³/mol. The van der Waals surface area contributed by atoms with Crippen molar-refractivity contribution in [3.63, 3.8) is 0 Å². The van der Waals surface area contributed by atoms with Gasteiger partial charge >= 0.3 is 5.97 Å². The SMILES string of the molecule is COC(=O)c1nccc(Nc2c(C)cccc2C)n1. The Kier molecular flexibility index (Phi) is 3.75. The maximum atomic E-state index is 11.4. The number of benzene rings is 1. The van der Waals surface area contributed by atoms with E-state index in [0.29, 0.717) is 5.82 Å². The van der Waals surface area contributed by atoms with Crippen LogP contribution in [0.25, 0.3) is 0 Å². The standard InChI is InChI=1S/C14H15N3O2/c1-9-5-4-6-10(2)12(9)16-11-7-8-15-13(17-11)14(18)19-3/h4-8H,1-3H3,(H,15,16,17). The number of rotatable bonds is 3. The Morgan fingerprint density at radius 1 is 1.21 bits per heavy atom. The third-order valence-corrected chi connectivity index (χ3v) is 2.76. The fourth-order valence-corrected chi connectivity index (χ4v) is 1.76. The zero-order chi connectivity index (χ0) is 13.8. The Morgan fingerprint density at radius 3 is 2.53 bits per heavy atom. The molecule has 0 unspecified atom stereocenters. The van der Waals surface area contributed by atoms with Gasteiger partial charge in [-0.15, -0.1) is 0 Å². The van der Waals surface area contributed by atoms with E-state index in [1.807, 2.05) is 32.0 Å². The second kappa shape index (κ2) is 5.48. The van der Waals surface area contributed by atoms with Crippen molar-refractivity contribution in [3.8, 4) is 0 Å². The minimum Gasteiger partial charge on any atom is -0.463 e. The van der Waals surface area contributed by atoms with E-state index in [0.717, 1.165) is 16.8 Å². The van der Waals surface area contributed by atoms with Crippen LogP contribution < -0.4 is 5.32 Å². The average molecular weight is 257 g/mol. The summed E-state index contributed by atoms with van der Waals surface area (Å²) in [5.41, 5.74) is 3.20. The molecule has 2 rings (SSSR count). The summed E-state index contributed by atoms with van der Waals surface area (Å²) in [6.45, 7) is 4.02. The van der Waals surface area contributed by atoms with Crippen LogP contribution in [0.2, 0.25) is 0 Å². The monoisotopic (exact) mass is 257 g/mol. The van der Waals surface area contributed by atoms with Gasteiger partial charge in [0.15, 0.2) is 0 Å². The molecule has 0 fully saturated rings. The Bertz CT molecular complexity index is 591. The van der Waals surface area contributed by atoms with Gasteiger partial charge in [0, 0.05) is 11.9 Å². The first-order chi connectivity index (χ1) is 9.11. The van der Waals surface area contributed by atoms with Crippen molar-refractivity contribution < 1.29 is 9.53 Å². The second-order valence-corrected chi connectivity index (χ2v) is 4.15. The number of carbonyl (C=O) groups excluding carboxylic acids is 1. The minimum absolute atomic E-state index is 0.0405. The maximum absolute atomic E-state index is 11.4. The van der Waals surface area contributed by atoms with Crippen molar-refractivity contribution in [2.24, 2.45) is 0 Å². The summed E-state index contributed by atoms with van der Waals surface area (Å²) in [4.78, 5) is 19.4. The van der Waals surface area contributed by atoms with Crippen molar-refractivity contribution in [1.29, 1.82) is 0 Å². The molecule has 1 heterocycles. The van der Waals surface area contributed by atoms with E-state index in [2.05, 4.69) is 20.0 Å². The number of anilines is 2. The quantitative estimate of drug-likeness (QED) is 0.856. The first kappa shape index (κ1) is 13.0. The number of aryl methyl sites for hydroxylation is 2. The van der Waals surface area contributed by atoms with Crippen molar-refractivity contribution >= 4 is 17.5 Å². The highest BCUT2D eigenvalue weighted by Crippen LogP contribution is 2.22. The summed E-state index contributed by atoms with van der Waals surface area (Å²) < 4.78 is 4.60. The van der Waals surface area contributed by atoms with E-state index in [1.54, 1.807) is 6.07 Å². The van der Waals surface area contributed by atoms with Crippen LogP contribution in [0.15, 0.2) is 30.5 Å². The summed E-state index contributed by atoms with van der Waals surface area (Å²) in [7, 11) is 1.30. The van der Waals surface area contributed by atoms with E-state index in [1.165, 1.54) is 13.3 Å². The van der Waals surface area contributed by atoms with Gasteiger partial charge in [0.2, 0.25) is 5.82 Å². The summed E-state index contributed by atoms with van der Waals surface area (Å²) in [5, 5.41) is 3.20. The topological polar surface area (TPSA) is 64.1 Å². The molecule has 0 saturated carbocycles. The van der Waals surface area contributed by atoms with Gasteiger partial charge in [-0.3, -0.25) is 0 Å². The van der Waals surface area contributed by atoms with E-state index in [9.17, 15) is 4.79 Å². The molecular weight excluding hydrogens is 242 g/mol. The summed E-state index contributed by atoms with van der Waals surface area (Å²) in [6.07, 6.45) is 1.52. The number of hydrogen-bond donors (Lipinski definition) is 1. The van der Waals surface area contributed by atoms with Crippen LogP contribution in [0.3, 0.4) is 0 Å². The Hall–Kier alpha value is -2.43. The van der Waals surface area contributed by atoms with Crippen LogP contribution in [0.5, 0.6) is 0 Å². The fourth-order valence-electron chi connectivity index (χ4n) is 1.76. The first-order valence-electron chi connectivity index (χ1n) is 5.86. The highest BCUT2D eigenvalue weighted by molar-refractivity contribution is 5.85. The van der Waals surface area contributed by atoms with Crippen molar-refractivity contribution in [3.05, 3.63) is 47.4 Å². The van der Waals surface area contributed by atoms with Crippen molar-refractivity contribution in [2.75, 3.05) is 12.4 Å². The van der Waals surface area contributed by atoms with Gasteiger partial charge in [0.25, 0.3) is 0 Å². The number of carbonyl (C=O) groups is 1. The molecule has 0 aliphatic heterocycles. The minimum atomic E-state index is -0.551. The van der Waals surface area contributed by atoms with Gasteiger partial charge < -0.3 is 10.1 Å². The number of nitrogens with one attached hydrogen (secondary N) is 1. The normalized spacial score (nSPS) is 10.1. The number of ether oxygens (including phenoxy) is 1. The van der Waals surface area contributed by atoms with Crippen LogP contribution >= 0.6 is 0 Å². The Labute approximate surface area is 111 Å². The summed E-state index contributed by atoms with van der Waals surface area (Å²) >= 11 is 0. The molecular formula is C14H15N3O2. The van der Waals surface area contributed by atoms with E-state index in [4.69, 9.17) is 0 Å². The number of esters is 1. The average Bonchev–Trinajstić information content (AvgIpc) is 2.42. The fraction of sp³-hybridized carbons (Fsp3) is 0.214. The predicted octanol–water partition coefficient (Wildman–Crippen LogP) is 2.62. The maximum Gasteiger partial charge on any atom is 0.376 e. The molecule has 0 amide bonds. The lowest BCUT2D eigenvalue weighted by Crippen LogP contribution is -2.09. The van der Waals surface area contributed by atoms with E-state index in [-0.39, 0.29) is 5.82 Å². The van der Waals surface area contributed by atoms with Gasteiger partial charge in [-0.2, -0.15) is 0 Å². The molecule has 0 radical (unpaired) electrons. The molecule has 1 aromatic carbocycles. The molecule has 0 saturated heterocycles. The molecule has 5 heteroatoms. The zero-order valence-corrected chi connectivity index (χ0v) is 11.1. The van der Waals surface area contributed by atoms with E-state index < -0.39 is 5.97 Å². The second-order valence-electron chi connectivity index (χ2n) is 4.15. The lowest BCUT2D eigenvalue weighted by Gasteiger charge is -2.12. The smallest absolute Gasteiger partial charge is 0.376 e. The zero-order valence-electron chi connectivity index (χ0n) is 11.1. The molecule has 1 aromatic heterocycles. The highest BCUT2D eigenvalue weighted by atomic mass is 16.5. The van der Waals surface area contributed by atoms with Crippen molar-refractivity contribution in [2.45, 2.75) is 13.8 Å². The molecule has 2 aromatic rings. The highest BCUT2D eigenvalue weighted by Gasteiger charge is 2.10. The van der Waals surface area contributed by atoms with Gasteiger partial charge in [-0.1, -0.05) is 18.2 Å². The lowest BCUT2D eigenvalue weighted by atomic mass is 10.1. The van der Waals surface area contributed by atoms with E-state index >= 15 is 0 Å². The first-order valence-corrected chi connectivity index (χ1v) is 5.86. The molecule has 0 aliphatic rings. The summed E-state index contributed by atoms with van der Waals surface area (Å²) in [5.74, 6) is 0.0525. The Balaban J connectivity index is 2.31. The van der Waals surface area contributed by atoms with Crippen LogP contribution in [-0.2, 0) is 4.74 Å². The molecule has 0 aliphatic carbocycles. The van der Waals surface area contributed by atoms with Crippen LogP contribution in [-0.4, -0.2) is 23.0 Å². The number of hydrogen-bond acceptors (Lipinski definition) is 5. The molecule has 1 N–H and O–H groups in total. The third kappa shape index (κ3) is 2.88. The van der Waals surface area contributed by atoms with Crippen LogP contribution in [0, 0.1) is 13.8 Å². The number of aromatic nitrogens is 2. The van der Waals surface area contributed by atoms with Crippen molar-refractivity contribution in [1.82, 2.24) is 9.97 Å². The molecule has 19 heavy (non-hydrogen) atoms. The number of nitrogens with zero attached hydrogens (tertiary/aromatic N) is 2. The Morgan fingerprint density at radius 2 is 1.89 bits per heavy atom. The van der Waals surface area contributed by atoms with Gasteiger partial charge in [0.1, 0.15) is 5.82 Å².